The van der Waals surface area contributed by atoms with Crippen LogP contribution in [0.15, 0.2) is 0 Å². The molecule has 0 aliphatic rings. The average molecular weight is 146 g/mol. The van der Waals surface area contributed by atoms with Gasteiger partial charge in [0, 0.05) is 15.7 Å². The van der Waals surface area contributed by atoms with Gasteiger partial charge >= 0.3 is 0 Å². The highest BCUT2D eigenvalue weighted by Crippen LogP contribution is 2.02. The van der Waals surface area contributed by atoms with Gasteiger partial charge in [0.05, 0.1) is 1.37 Å². The Hall–Kier alpha value is -0.530. The van der Waals surface area contributed by atoms with Crippen LogP contribution in [0.5, 0.6) is 0 Å². The summed E-state index contributed by atoms with van der Waals surface area (Å²) in [6, 6.07) is -1.41. The van der Waals surface area contributed by atoms with Crippen LogP contribution in [-0.2, 0) is 4.79 Å². The summed E-state index contributed by atoms with van der Waals surface area (Å²) >= 11 is 0. The first-order chi connectivity index (χ1) is 5.57. The van der Waals surface area contributed by atoms with E-state index >= 15 is 0 Å². The third-order valence-corrected chi connectivity index (χ3v) is 0.878. The predicted octanol–water partition coefficient (Wildman–Crippen LogP) is 1.56. The standard InChI is InChI=1S/C8H17NO/c1-6(2)5-7(3)9-8(4)10/h6-7H,5H2,1-4H3,(H,9,10)/t7-/m1/s1/i5D,6D,7D/t5-,7-. The van der Waals surface area contributed by atoms with Gasteiger partial charge in [0.25, 0.3) is 0 Å². The van der Waals surface area contributed by atoms with Crippen LogP contribution in [0.2, 0.25) is 0 Å². The molecule has 0 saturated carbocycles. The van der Waals surface area contributed by atoms with Gasteiger partial charge in [-0.2, -0.15) is 0 Å². The third-order valence-electron chi connectivity index (χ3n) is 0.878. The predicted molar refractivity (Wildman–Crippen MR) is 42.7 cm³/mol. The summed E-state index contributed by atoms with van der Waals surface area (Å²) in [4.78, 5) is 10.7. The summed E-state index contributed by atoms with van der Waals surface area (Å²) < 4.78 is 22.9. The van der Waals surface area contributed by atoms with Crippen LogP contribution < -0.4 is 5.32 Å². The Kier molecular flexibility index (Phi) is 2.23. The second-order valence-corrected chi connectivity index (χ2v) is 2.59. The van der Waals surface area contributed by atoms with Gasteiger partial charge in [-0.3, -0.25) is 4.79 Å². The van der Waals surface area contributed by atoms with Crippen molar-refractivity contribution in [3.63, 3.8) is 0 Å². The van der Waals surface area contributed by atoms with Crippen molar-refractivity contribution >= 4 is 5.91 Å². The Bertz CT molecular complexity index is 198. The first kappa shape index (κ1) is 5.16. The third kappa shape index (κ3) is 5.60. The molecular formula is C8H17NO. The van der Waals surface area contributed by atoms with Crippen molar-refractivity contribution in [3.8, 4) is 0 Å². The monoisotopic (exact) mass is 146 g/mol. The van der Waals surface area contributed by atoms with E-state index in [0.717, 1.165) is 0 Å². The summed E-state index contributed by atoms with van der Waals surface area (Å²) in [6.45, 7) is 5.84. The maximum Gasteiger partial charge on any atom is 0.217 e. The summed E-state index contributed by atoms with van der Waals surface area (Å²) in [5.41, 5.74) is 0. The molecule has 1 amide bonds. The molecule has 0 bridgehead atoms. The molecule has 0 spiro atoms. The molecule has 0 aromatic heterocycles. The van der Waals surface area contributed by atoms with Gasteiger partial charge in [0.15, 0.2) is 0 Å². The Morgan fingerprint density at radius 1 is 1.70 bits per heavy atom. The summed E-state index contributed by atoms with van der Waals surface area (Å²) in [7, 11) is 0. The lowest BCUT2D eigenvalue weighted by molar-refractivity contribution is -0.119. The molecule has 2 heteroatoms. The van der Waals surface area contributed by atoms with Crippen molar-refractivity contribution in [1.29, 1.82) is 0 Å². The van der Waals surface area contributed by atoms with E-state index in [1.807, 2.05) is 0 Å². The molecule has 1 N–H and O–H groups in total. The van der Waals surface area contributed by atoms with E-state index in [1.54, 1.807) is 13.8 Å². The molecule has 0 heterocycles. The second-order valence-electron chi connectivity index (χ2n) is 2.59. The number of carbonyl (C=O) groups is 1. The molecule has 0 saturated heterocycles. The van der Waals surface area contributed by atoms with Crippen molar-refractivity contribution < 1.29 is 8.91 Å². The van der Waals surface area contributed by atoms with Crippen LogP contribution in [0.4, 0.5) is 0 Å². The van der Waals surface area contributed by atoms with E-state index in [9.17, 15) is 4.79 Å². The molecule has 0 aromatic rings. The van der Waals surface area contributed by atoms with E-state index in [4.69, 9.17) is 4.11 Å². The van der Waals surface area contributed by atoms with Gasteiger partial charge in [-0.15, -0.1) is 0 Å². The quantitative estimate of drug-likeness (QED) is 0.643. The van der Waals surface area contributed by atoms with E-state index in [-0.39, 0.29) is 5.91 Å². The number of carbonyl (C=O) groups excluding carboxylic acids is 1. The molecule has 0 aliphatic carbocycles. The normalized spacial score (nSPS) is 25.0. The van der Waals surface area contributed by atoms with Gasteiger partial charge in [-0.25, -0.2) is 0 Å². The smallest absolute Gasteiger partial charge is 0.217 e. The zero-order valence-electron chi connectivity index (χ0n) is 9.99. The van der Waals surface area contributed by atoms with E-state index in [0.29, 0.717) is 0 Å². The molecule has 0 unspecified atom stereocenters. The second kappa shape index (κ2) is 4.31. The maximum atomic E-state index is 10.7. The Morgan fingerprint density at radius 2 is 2.20 bits per heavy atom. The molecule has 2 atom stereocenters. The molecule has 0 radical (unpaired) electrons. The first-order valence-corrected chi connectivity index (χ1v) is 3.28. The van der Waals surface area contributed by atoms with E-state index < -0.39 is 18.3 Å². The highest BCUT2D eigenvalue weighted by molar-refractivity contribution is 5.73. The lowest BCUT2D eigenvalue weighted by Gasteiger charge is -2.13. The van der Waals surface area contributed by atoms with Crippen LogP contribution >= 0.6 is 0 Å². The number of hydrogen-bond acceptors (Lipinski definition) is 1. The van der Waals surface area contributed by atoms with E-state index in [2.05, 4.69) is 5.32 Å². The molecule has 60 valence electrons. The molecule has 2 nitrogen and oxygen atoms in total. The van der Waals surface area contributed by atoms with Gasteiger partial charge in [-0.05, 0) is 19.2 Å². The van der Waals surface area contributed by atoms with Crippen LogP contribution in [0.1, 0.15) is 38.2 Å². The zero-order valence-corrected chi connectivity index (χ0v) is 6.99. The Morgan fingerprint density at radius 3 is 2.50 bits per heavy atom. The van der Waals surface area contributed by atoms with Crippen molar-refractivity contribution in [2.45, 2.75) is 40.1 Å². The lowest BCUT2D eigenvalue weighted by Crippen LogP contribution is -2.31. The molecular weight excluding hydrogens is 126 g/mol. The SMILES string of the molecule is [2H][C@H](C([2H])(C)C)[C@@]([2H])(C)NC(C)=O. The maximum absolute atomic E-state index is 10.7. The van der Waals surface area contributed by atoms with Crippen molar-refractivity contribution in [2.24, 2.45) is 5.89 Å². The number of amides is 1. The highest BCUT2D eigenvalue weighted by Gasteiger charge is 2.04. The fourth-order valence-corrected chi connectivity index (χ4v) is 0.747. The summed E-state index contributed by atoms with van der Waals surface area (Å²) in [5, 5.41) is 2.35. The molecule has 0 aromatic carbocycles. The molecule has 0 fully saturated rings. The Balaban J connectivity index is 4.54. The Labute approximate surface area is 67.2 Å². The molecule has 0 rings (SSSR count). The first-order valence-electron chi connectivity index (χ1n) is 4.86. The van der Waals surface area contributed by atoms with Gasteiger partial charge in [0.2, 0.25) is 5.91 Å². The van der Waals surface area contributed by atoms with E-state index in [1.165, 1.54) is 13.8 Å². The fraction of sp³-hybridized carbons (Fsp3) is 0.875. The highest BCUT2D eigenvalue weighted by atomic mass is 16.1. The van der Waals surface area contributed by atoms with Crippen LogP contribution in [0.25, 0.3) is 0 Å². The van der Waals surface area contributed by atoms with Gasteiger partial charge in [-0.1, -0.05) is 13.8 Å². The van der Waals surface area contributed by atoms with Crippen LogP contribution in [0.3, 0.4) is 0 Å². The van der Waals surface area contributed by atoms with Crippen LogP contribution in [0, 0.1) is 5.89 Å². The van der Waals surface area contributed by atoms with Gasteiger partial charge in [0.1, 0.15) is 0 Å². The van der Waals surface area contributed by atoms with Crippen molar-refractivity contribution in [2.75, 3.05) is 0 Å². The van der Waals surface area contributed by atoms with Crippen molar-refractivity contribution in [1.82, 2.24) is 5.32 Å². The minimum Gasteiger partial charge on any atom is -0.354 e. The lowest BCUT2D eigenvalue weighted by atomic mass is 10.1. The van der Waals surface area contributed by atoms with Gasteiger partial charge < -0.3 is 5.32 Å². The summed E-state index contributed by atoms with van der Waals surface area (Å²) in [5.74, 6) is -1.40. The van der Waals surface area contributed by atoms with Crippen LogP contribution in [-0.4, -0.2) is 11.9 Å². The fourth-order valence-electron chi connectivity index (χ4n) is 0.747. The minimum atomic E-state index is -1.41. The summed E-state index contributed by atoms with van der Waals surface area (Å²) in [6.07, 6.45) is -0.983. The number of nitrogens with one attached hydrogen (secondary N) is 1. The van der Waals surface area contributed by atoms with Crippen molar-refractivity contribution in [3.05, 3.63) is 0 Å². The largest absolute Gasteiger partial charge is 0.354 e. The average Bonchev–Trinajstić information content (AvgIpc) is 1.80. The number of hydrogen-bond donors (Lipinski definition) is 1. The number of rotatable bonds is 3. The topological polar surface area (TPSA) is 29.1 Å². The molecule has 0 aliphatic heterocycles. The molecule has 10 heavy (non-hydrogen) atoms. The minimum absolute atomic E-state index is 0.348. The zero-order chi connectivity index (χ0) is 10.9.